The summed E-state index contributed by atoms with van der Waals surface area (Å²) in [6.45, 7) is 3.01. The van der Waals surface area contributed by atoms with Crippen LogP contribution in [0.25, 0.3) is 0 Å². The van der Waals surface area contributed by atoms with Crippen LogP contribution in [-0.2, 0) is 9.59 Å². The Morgan fingerprint density at radius 3 is 2.22 bits per heavy atom. The number of carbonyl (C=O) groups is 3. The van der Waals surface area contributed by atoms with E-state index in [-0.39, 0.29) is 23.6 Å². The van der Waals surface area contributed by atoms with Crippen LogP contribution in [0.4, 0.5) is 5.69 Å². The average Bonchev–Trinajstić information content (AvgIpc) is 3.21. The van der Waals surface area contributed by atoms with Crippen molar-refractivity contribution in [1.29, 1.82) is 0 Å². The van der Waals surface area contributed by atoms with Gasteiger partial charge in [-0.25, -0.2) is 0 Å². The lowest BCUT2D eigenvalue weighted by Crippen LogP contribution is -2.44. The molecule has 0 bridgehead atoms. The number of hydrogen-bond donors (Lipinski definition) is 2. The molecule has 1 heterocycles. The van der Waals surface area contributed by atoms with E-state index in [2.05, 4.69) is 10.6 Å². The molecule has 0 spiro atoms. The normalized spacial score (nSPS) is 18.3. The molecule has 27 heavy (non-hydrogen) atoms. The molecule has 1 aliphatic carbocycles. The van der Waals surface area contributed by atoms with Crippen molar-refractivity contribution in [2.24, 2.45) is 5.92 Å². The van der Waals surface area contributed by atoms with Gasteiger partial charge >= 0.3 is 0 Å². The summed E-state index contributed by atoms with van der Waals surface area (Å²) in [6, 6.07) is 7.34. The molecule has 0 aromatic heterocycles. The molecule has 2 N–H and O–H groups in total. The molecule has 0 radical (unpaired) electrons. The predicted molar refractivity (Wildman–Crippen MR) is 104 cm³/mol. The first-order valence-corrected chi connectivity index (χ1v) is 10.1. The lowest BCUT2D eigenvalue weighted by molar-refractivity contribution is -0.127. The van der Waals surface area contributed by atoms with Crippen molar-refractivity contribution in [2.45, 2.75) is 57.9 Å². The molecule has 1 saturated heterocycles. The summed E-state index contributed by atoms with van der Waals surface area (Å²) in [4.78, 5) is 38.3. The van der Waals surface area contributed by atoms with Gasteiger partial charge in [-0.2, -0.15) is 0 Å². The molecule has 0 unspecified atom stereocenters. The van der Waals surface area contributed by atoms with Gasteiger partial charge in [-0.05, 0) is 49.9 Å². The van der Waals surface area contributed by atoms with E-state index in [0.717, 1.165) is 25.7 Å². The monoisotopic (exact) mass is 371 g/mol. The van der Waals surface area contributed by atoms with Crippen molar-refractivity contribution in [3.63, 3.8) is 0 Å². The number of nitrogens with one attached hydrogen (secondary N) is 2. The van der Waals surface area contributed by atoms with Gasteiger partial charge in [0, 0.05) is 42.7 Å². The van der Waals surface area contributed by atoms with Gasteiger partial charge in [-0.3, -0.25) is 14.4 Å². The number of nitrogens with zero attached hydrogens (tertiary/aromatic N) is 1. The molecule has 146 valence electrons. The van der Waals surface area contributed by atoms with Crippen LogP contribution >= 0.6 is 0 Å². The number of likely N-dealkylation sites (tertiary alicyclic amines) is 1. The van der Waals surface area contributed by atoms with E-state index in [4.69, 9.17) is 0 Å². The molecule has 2 aliphatic rings. The second-order valence-corrected chi connectivity index (χ2v) is 7.54. The molecule has 1 aromatic carbocycles. The number of benzene rings is 1. The van der Waals surface area contributed by atoms with E-state index >= 15 is 0 Å². The third kappa shape index (κ3) is 5.08. The molecule has 1 saturated carbocycles. The molecule has 3 rings (SSSR count). The summed E-state index contributed by atoms with van der Waals surface area (Å²) >= 11 is 0. The third-order valence-electron chi connectivity index (χ3n) is 5.59. The molecular formula is C21H29N3O3. The molecule has 6 heteroatoms. The van der Waals surface area contributed by atoms with E-state index in [1.165, 1.54) is 12.8 Å². The molecule has 2 fully saturated rings. The zero-order valence-corrected chi connectivity index (χ0v) is 16.0. The van der Waals surface area contributed by atoms with Gasteiger partial charge in [0.15, 0.2) is 0 Å². The fourth-order valence-electron chi connectivity index (χ4n) is 3.86. The first kappa shape index (κ1) is 19.4. The van der Waals surface area contributed by atoms with Crippen molar-refractivity contribution < 1.29 is 14.4 Å². The molecule has 0 atom stereocenters. The first-order valence-electron chi connectivity index (χ1n) is 10.1. The number of amides is 3. The standard InChI is InChI=1S/C21H29N3O3/c1-2-19(25)22-18-9-7-16(8-10-18)21(27)24-13-11-15(12-14-24)20(26)23-17-5-3-4-6-17/h7-10,15,17H,2-6,11-14H2,1H3,(H,22,25)(H,23,26). The maximum absolute atomic E-state index is 12.7. The summed E-state index contributed by atoms with van der Waals surface area (Å²) < 4.78 is 0. The maximum atomic E-state index is 12.7. The smallest absolute Gasteiger partial charge is 0.253 e. The number of carbonyl (C=O) groups excluding carboxylic acids is 3. The summed E-state index contributed by atoms with van der Waals surface area (Å²) in [5.74, 6) is 0.108. The first-order chi connectivity index (χ1) is 13.1. The van der Waals surface area contributed by atoms with E-state index in [0.29, 0.717) is 36.8 Å². The van der Waals surface area contributed by atoms with Gasteiger partial charge in [-0.15, -0.1) is 0 Å². The fraction of sp³-hybridized carbons (Fsp3) is 0.571. The van der Waals surface area contributed by atoms with Gasteiger partial charge in [0.05, 0.1) is 0 Å². The molecule has 1 aromatic rings. The van der Waals surface area contributed by atoms with E-state index in [9.17, 15) is 14.4 Å². The second-order valence-electron chi connectivity index (χ2n) is 7.54. The minimum Gasteiger partial charge on any atom is -0.353 e. The Bertz CT molecular complexity index is 672. The summed E-state index contributed by atoms with van der Waals surface area (Å²) in [5.41, 5.74) is 1.30. The minimum absolute atomic E-state index is 0.0151. The summed E-state index contributed by atoms with van der Waals surface area (Å²) in [6.07, 6.45) is 6.46. The topological polar surface area (TPSA) is 78.5 Å². The highest BCUT2D eigenvalue weighted by molar-refractivity contribution is 5.96. The molecule has 1 aliphatic heterocycles. The SMILES string of the molecule is CCC(=O)Nc1ccc(C(=O)N2CCC(C(=O)NC3CCCC3)CC2)cc1. The Balaban J connectivity index is 1.49. The van der Waals surface area contributed by atoms with Crippen LogP contribution in [0.2, 0.25) is 0 Å². The second kappa shape index (κ2) is 9.02. The number of hydrogen-bond acceptors (Lipinski definition) is 3. The zero-order valence-electron chi connectivity index (χ0n) is 16.0. The maximum Gasteiger partial charge on any atom is 0.253 e. The van der Waals surface area contributed by atoms with Gasteiger partial charge < -0.3 is 15.5 Å². The van der Waals surface area contributed by atoms with Crippen LogP contribution in [0.5, 0.6) is 0 Å². The van der Waals surface area contributed by atoms with Gasteiger partial charge in [-0.1, -0.05) is 19.8 Å². The zero-order chi connectivity index (χ0) is 19.2. The number of piperidine rings is 1. The minimum atomic E-state index is -0.0490. The Morgan fingerprint density at radius 1 is 1.00 bits per heavy atom. The van der Waals surface area contributed by atoms with Gasteiger partial charge in [0.25, 0.3) is 5.91 Å². The largest absolute Gasteiger partial charge is 0.353 e. The van der Waals surface area contributed by atoms with Crippen molar-refractivity contribution >= 4 is 23.4 Å². The van der Waals surface area contributed by atoms with Crippen molar-refractivity contribution in [1.82, 2.24) is 10.2 Å². The lowest BCUT2D eigenvalue weighted by atomic mass is 9.95. The molecule has 3 amide bonds. The Labute approximate surface area is 160 Å². The molecule has 6 nitrogen and oxygen atoms in total. The van der Waals surface area contributed by atoms with Gasteiger partial charge in [0.2, 0.25) is 11.8 Å². The Hall–Kier alpha value is -2.37. The summed E-state index contributed by atoms with van der Waals surface area (Å²) in [5, 5.41) is 5.95. The lowest BCUT2D eigenvalue weighted by Gasteiger charge is -2.32. The van der Waals surface area contributed by atoms with E-state index < -0.39 is 0 Å². The quantitative estimate of drug-likeness (QED) is 0.835. The average molecular weight is 371 g/mol. The van der Waals surface area contributed by atoms with Crippen molar-refractivity contribution in [3.8, 4) is 0 Å². The van der Waals surface area contributed by atoms with Crippen LogP contribution in [0, 0.1) is 5.92 Å². The number of rotatable bonds is 5. The van der Waals surface area contributed by atoms with E-state index in [1.807, 2.05) is 4.90 Å². The Morgan fingerprint density at radius 2 is 1.63 bits per heavy atom. The highest BCUT2D eigenvalue weighted by Gasteiger charge is 2.29. The number of anilines is 1. The predicted octanol–water partition coefficient (Wildman–Crippen LogP) is 2.95. The van der Waals surface area contributed by atoms with Crippen LogP contribution in [0.3, 0.4) is 0 Å². The van der Waals surface area contributed by atoms with Crippen LogP contribution < -0.4 is 10.6 Å². The fourth-order valence-corrected chi connectivity index (χ4v) is 3.86. The van der Waals surface area contributed by atoms with Crippen LogP contribution in [-0.4, -0.2) is 41.8 Å². The van der Waals surface area contributed by atoms with Crippen molar-refractivity contribution in [3.05, 3.63) is 29.8 Å². The highest BCUT2D eigenvalue weighted by Crippen LogP contribution is 2.22. The Kier molecular flexibility index (Phi) is 6.48. The molecular weight excluding hydrogens is 342 g/mol. The summed E-state index contributed by atoms with van der Waals surface area (Å²) in [7, 11) is 0. The van der Waals surface area contributed by atoms with Crippen molar-refractivity contribution in [2.75, 3.05) is 18.4 Å². The van der Waals surface area contributed by atoms with Gasteiger partial charge in [0.1, 0.15) is 0 Å². The van der Waals surface area contributed by atoms with Crippen LogP contribution in [0.15, 0.2) is 24.3 Å². The van der Waals surface area contributed by atoms with E-state index in [1.54, 1.807) is 31.2 Å². The highest BCUT2D eigenvalue weighted by atomic mass is 16.2. The third-order valence-corrected chi connectivity index (χ3v) is 5.59. The van der Waals surface area contributed by atoms with Crippen LogP contribution in [0.1, 0.15) is 62.2 Å².